The van der Waals surface area contributed by atoms with Crippen molar-refractivity contribution in [3.63, 3.8) is 0 Å². The Hall–Kier alpha value is -1.56. The minimum absolute atomic E-state index is 0.587. The second-order valence-corrected chi connectivity index (χ2v) is 5.49. The molecule has 0 bridgehead atoms. The summed E-state index contributed by atoms with van der Waals surface area (Å²) in [6, 6.07) is 4.69. The van der Waals surface area contributed by atoms with Gasteiger partial charge in [-0.05, 0) is 24.8 Å². The topological polar surface area (TPSA) is 39.9 Å². The molecule has 0 N–H and O–H groups in total. The fourth-order valence-corrected chi connectivity index (χ4v) is 2.76. The Morgan fingerprint density at radius 2 is 2.17 bits per heavy atom. The van der Waals surface area contributed by atoms with Crippen LogP contribution < -0.4 is 4.90 Å². The van der Waals surface area contributed by atoms with Gasteiger partial charge in [0, 0.05) is 18.8 Å². The Morgan fingerprint density at radius 1 is 1.44 bits per heavy atom. The maximum Gasteiger partial charge on any atom is 0.101 e. The van der Waals surface area contributed by atoms with E-state index in [1.807, 2.05) is 12.3 Å². The van der Waals surface area contributed by atoms with E-state index in [2.05, 4.69) is 29.8 Å². The van der Waals surface area contributed by atoms with Crippen LogP contribution in [0.15, 0.2) is 18.5 Å². The van der Waals surface area contributed by atoms with Crippen LogP contribution in [0.25, 0.3) is 0 Å². The summed E-state index contributed by atoms with van der Waals surface area (Å²) in [4.78, 5) is 6.61. The van der Waals surface area contributed by atoms with Gasteiger partial charge in [-0.25, -0.2) is 0 Å². The van der Waals surface area contributed by atoms with Crippen LogP contribution in [0.5, 0.6) is 0 Å². The lowest BCUT2D eigenvalue weighted by molar-refractivity contribution is 0.535. The van der Waals surface area contributed by atoms with Gasteiger partial charge in [0.05, 0.1) is 17.4 Å². The second-order valence-electron chi connectivity index (χ2n) is 5.49. The molecule has 1 aromatic heterocycles. The minimum Gasteiger partial charge on any atom is -0.366 e. The smallest absolute Gasteiger partial charge is 0.101 e. The third kappa shape index (κ3) is 2.81. The molecule has 3 heteroatoms. The Morgan fingerprint density at radius 3 is 2.78 bits per heavy atom. The molecule has 0 spiro atoms. The summed E-state index contributed by atoms with van der Waals surface area (Å²) in [5, 5.41) is 9.24. The molecule has 0 amide bonds. The van der Waals surface area contributed by atoms with Crippen LogP contribution in [0.3, 0.4) is 0 Å². The summed E-state index contributed by atoms with van der Waals surface area (Å²) in [5.74, 6) is 0.595. The van der Waals surface area contributed by atoms with Gasteiger partial charge in [-0.2, -0.15) is 5.26 Å². The van der Waals surface area contributed by atoms with Crippen LogP contribution in [0.4, 0.5) is 5.69 Å². The van der Waals surface area contributed by atoms with Crippen LogP contribution in [0.2, 0.25) is 0 Å². The SMILES string of the molecule is CC(C)CN(c1cnccc1C#N)C1CCCC1. The summed E-state index contributed by atoms with van der Waals surface area (Å²) < 4.78 is 0. The van der Waals surface area contributed by atoms with Crippen molar-refractivity contribution < 1.29 is 0 Å². The molecule has 0 aromatic carbocycles. The standard InChI is InChI=1S/C15H21N3/c1-12(2)11-18(14-5-3-4-6-14)15-10-17-8-7-13(15)9-16/h7-8,10,12,14H,3-6,11H2,1-2H3. The zero-order valence-corrected chi connectivity index (χ0v) is 11.3. The van der Waals surface area contributed by atoms with Crippen molar-refractivity contribution >= 4 is 5.69 Å². The van der Waals surface area contributed by atoms with Gasteiger partial charge in [0.15, 0.2) is 0 Å². The number of nitriles is 1. The summed E-state index contributed by atoms with van der Waals surface area (Å²) in [7, 11) is 0. The zero-order valence-electron chi connectivity index (χ0n) is 11.3. The number of pyridine rings is 1. The minimum atomic E-state index is 0.587. The van der Waals surface area contributed by atoms with Gasteiger partial charge in [0.1, 0.15) is 6.07 Å². The predicted octanol–water partition coefficient (Wildman–Crippen LogP) is 3.36. The lowest BCUT2D eigenvalue weighted by Crippen LogP contribution is -2.36. The molecule has 1 saturated carbocycles. The second kappa shape index (κ2) is 5.86. The predicted molar refractivity (Wildman–Crippen MR) is 73.4 cm³/mol. The number of rotatable bonds is 4. The van der Waals surface area contributed by atoms with Crippen LogP contribution in [0, 0.1) is 17.2 Å². The molecule has 1 aliphatic carbocycles. The van der Waals surface area contributed by atoms with Crippen LogP contribution in [-0.2, 0) is 0 Å². The van der Waals surface area contributed by atoms with E-state index in [9.17, 15) is 5.26 Å². The van der Waals surface area contributed by atoms with Gasteiger partial charge < -0.3 is 4.90 Å². The molecule has 1 aromatic rings. The Bertz CT molecular complexity index is 428. The van der Waals surface area contributed by atoms with E-state index in [0.29, 0.717) is 12.0 Å². The van der Waals surface area contributed by atoms with E-state index in [0.717, 1.165) is 17.8 Å². The van der Waals surface area contributed by atoms with Crippen LogP contribution >= 0.6 is 0 Å². The lowest BCUT2D eigenvalue weighted by Gasteiger charge is -2.33. The Labute approximate surface area is 109 Å². The highest BCUT2D eigenvalue weighted by molar-refractivity contribution is 5.58. The van der Waals surface area contributed by atoms with Crippen molar-refractivity contribution in [2.45, 2.75) is 45.6 Å². The number of nitrogens with zero attached hydrogens (tertiary/aromatic N) is 3. The van der Waals surface area contributed by atoms with Crippen LogP contribution in [-0.4, -0.2) is 17.6 Å². The first-order valence-electron chi connectivity index (χ1n) is 6.83. The van der Waals surface area contributed by atoms with Gasteiger partial charge >= 0.3 is 0 Å². The van der Waals surface area contributed by atoms with E-state index < -0.39 is 0 Å². The third-order valence-electron chi connectivity index (χ3n) is 3.56. The van der Waals surface area contributed by atoms with E-state index in [1.165, 1.54) is 25.7 Å². The first-order valence-corrected chi connectivity index (χ1v) is 6.83. The van der Waals surface area contributed by atoms with Gasteiger partial charge in [-0.3, -0.25) is 4.98 Å². The Kier molecular flexibility index (Phi) is 4.19. The maximum atomic E-state index is 9.24. The van der Waals surface area contributed by atoms with Crippen molar-refractivity contribution in [2.24, 2.45) is 5.92 Å². The number of anilines is 1. The van der Waals surface area contributed by atoms with Gasteiger partial charge in [-0.15, -0.1) is 0 Å². The molecule has 0 atom stereocenters. The highest BCUT2D eigenvalue weighted by atomic mass is 15.2. The molecular formula is C15H21N3. The summed E-state index contributed by atoms with van der Waals surface area (Å²) >= 11 is 0. The lowest BCUT2D eigenvalue weighted by atomic mass is 10.1. The molecule has 0 aliphatic heterocycles. The monoisotopic (exact) mass is 243 g/mol. The fourth-order valence-electron chi connectivity index (χ4n) is 2.76. The van der Waals surface area contributed by atoms with Gasteiger partial charge in [-0.1, -0.05) is 26.7 Å². The average Bonchev–Trinajstić information content (AvgIpc) is 2.89. The summed E-state index contributed by atoms with van der Waals surface area (Å²) in [5.41, 5.74) is 1.76. The van der Waals surface area contributed by atoms with Crippen LogP contribution in [0.1, 0.15) is 45.1 Å². The Balaban J connectivity index is 2.30. The molecular weight excluding hydrogens is 222 g/mol. The number of aromatic nitrogens is 1. The number of hydrogen-bond donors (Lipinski definition) is 0. The average molecular weight is 243 g/mol. The zero-order chi connectivity index (χ0) is 13.0. The van der Waals surface area contributed by atoms with E-state index >= 15 is 0 Å². The molecule has 2 rings (SSSR count). The number of hydrogen-bond acceptors (Lipinski definition) is 3. The quantitative estimate of drug-likeness (QED) is 0.814. The molecule has 1 heterocycles. The van der Waals surface area contributed by atoms with Crippen molar-refractivity contribution in [3.05, 3.63) is 24.0 Å². The van der Waals surface area contributed by atoms with E-state index in [4.69, 9.17) is 0 Å². The fraction of sp³-hybridized carbons (Fsp3) is 0.600. The highest BCUT2D eigenvalue weighted by Gasteiger charge is 2.25. The van der Waals surface area contributed by atoms with Gasteiger partial charge in [0.2, 0.25) is 0 Å². The van der Waals surface area contributed by atoms with E-state index in [-0.39, 0.29) is 0 Å². The van der Waals surface area contributed by atoms with Crippen molar-refractivity contribution in [3.8, 4) is 6.07 Å². The molecule has 3 nitrogen and oxygen atoms in total. The molecule has 0 unspecified atom stereocenters. The maximum absolute atomic E-state index is 9.24. The van der Waals surface area contributed by atoms with Gasteiger partial charge in [0.25, 0.3) is 0 Å². The van der Waals surface area contributed by atoms with Crippen molar-refractivity contribution in [1.29, 1.82) is 5.26 Å². The summed E-state index contributed by atoms with van der Waals surface area (Å²) in [6.45, 7) is 5.46. The van der Waals surface area contributed by atoms with Crippen molar-refractivity contribution in [1.82, 2.24) is 4.98 Å². The molecule has 1 fully saturated rings. The normalized spacial score (nSPS) is 15.9. The highest BCUT2D eigenvalue weighted by Crippen LogP contribution is 2.30. The van der Waals surface area contributed by atoms with Crippen molar-refractivity contribution in [2.75, 3.05) is 11.4 Å². The molecule has 0 radical (unpaired) electrons. The molecule has 0 saturated heterocycles. The molecule has 96 valence electrons. The first-order chi connectivity index (χ1) is 8.72. The largest absolute Gasteiger partial charge is 0.366 e. The third-order valence-corrected chi connectivity index (χ3v) is 3.56. The molecule has 1 aliphatic rings. The first kappa shape index (κ1) is 12.9. The van der Waals surface area contributed by atoms with E-state index in [1.54, 1.807) is 6.20 Å². The summed E-state index contributed by atoms with van der Waals surface area (Å²) in [6.07, 6.45) is 8.64. The molecule has 18 heavy (non-hydrogen) atoms.